The molecule has 2 heterocycles. The highest BCUT2D eigenvalue weighted by atomic mass is 16.5. The molecule has 5 nitrogen and oxygen atoms in total. The number of nitrogens with zero attached hydrogens (tertiary/aromatic N) is 2. The van der Waals surface area contributed by atoms with Crippen molar-refractivity contribution < 1.29 is 19.0 Å². The molecule has 0 N–H and O–H groups in total. The van der Waals surface area contributed by atoms with Gasteiger partial charge in [-0.2, -0.15) is 4.40 Å². The number of rotatable bonds is 4. The van der Waals surface area contributed by atoms with Crippen LogP contribution >= 0.6 is 0 Å². The molecule has 0 aliphatic heterocycles. The van der Waals surface area contributed by atoms with Gasteiger partial charge < -0.3 is 9.84 Å². The summed E-state index contributed by atoms with van der Waals surface area (Å²) in [6.07, 6.45) is 1.71. The number of carbonyl (C=O) groups excluding carboxylic acids is 1. The maximum absolute atomic E-state index is 12.7. The zero-order valence-corrected chi connectivity index (χ0v) is 11.5. The highest BCUT2D eigenvalue weighted by molar-refractivity contribution is 5.96. The lowest BCUT2D eigenvalue weighted by atomic mass is 10.3. The van der Waals surface area contributed by atoms with Crippen LogP contribution in [-0.4, -0.2) is 24.1 Å². The molecule has 0 spiro atoms. The number of methoxy groups -OCH3 is 1. The predicted molar refractivity (Wildman–Crippen MR) is 74.6 cm³/mol. The number of carbonyl (C=O) groups is 1. The van der Waals surface area contributed by atoms with Gasteiger partial charge in [0.2, 0.25) is 11.5 Å². The first-order valence-corrected chi connectivity index (χ1v) is 6.53. The zero-order valence-electron chi connectivity index (χ0n) is 11.5. The van der Waals surface area contributed by atoms with E-state index in [9.17, 15) is 9.90 Å². The van der Waals surface area contributed by atoms with Gasteiger partial charge in [0.25, 0.3) is 5.65 Å². The van der Waals surface area contributed by atoms with Gasteiger partial charge in [-0.3, -0.25) is 4.79 Å². The van der Waals surface area contributed by atoms with Crippen molar-refractivity contribution in [1.29, 1.82) is 0 Å². The van der Waals surface area contributed by atoms with Gasteiger partial charge in [-0.25, -0.2) is 4.57 Å². The van der Waals surface area contributed by atoms with Crippen molar-refractivity contribution in [2.24, 2.45) is 0 Å². The molecule has 0 aliphatic carbocycles. The Morgan fingerprint density at radius 1 is 1.19 bits per heavy atom. The van der Waals surface area contributed by atoms with Crippen LogP contribution in [0, 0.1) is 0 Å². The van der Waals surface area contributed by atoms with Crippen molar-refractivity contribution in [1.82, 2.24) is 4.57 Å². The Morgan fingerprint density at radius 3 is 2.62 bits per heavy atom. The fourth-order valence-electron chi connectivity index (χ4n) is 2.40. The average Bonchev–Trinajstić information content (AvgIpc) is 2.80. The molecular formula is C16H14N2O3. The third-order valence-corrected chi connectivity index (χ3v) is 3.27. The third-order valence-electron chi connectivity index (χ3n) is 3.27. The molecule has 3 rings (SSSR count). The topological polar surface area (TPSA) is 58.4 Å². The number of pyridine rings is 1. The number of ketones is 1. The van der Waals surface area contributed by atoms with E-state index in [1.807, 2.05) is 36.4 Å². The highest BCUT2D eigenvalue weighted by Gasteiger charge is 2.25. The van der Waals surface area contributed by atoms with E-state index >= 15 is 0 Å². The Hall–Kier alpha value is -2.66. The Labute approximate surface area is 121 Å². The van der Waals surface area contributed by atoms with Gasteiger partial charge in [-0.1, -0.05) is 24.3 Å². The number of fused-ring (bicyclic) bond motifs is 1. The van der Waals surface area contributed by atoms with Crippen LogP contribution in [0.2, 0.25) is 0 Å². The molecule has 106 valence electrons. The lowest BCUT2D eigenvalue weighted by Gasteiger charge is -2.05. The number of benzene rings is 1. The Morgan fingerprint density at radius 2 is 1.90 bits per heavy atom. The van der Waals surface area contributed by atoms with Crippen LogP contribution in [0.25, 0.3) is 11.3 Å². The summed E-state index contributed by atoms with van der Waals surface area (Å²) in [5, 5.41) is 12.7. The van der Waals surface area contributed by atoms with E-state index in [0.29, 0.717) is 5.65 Å². The van der Waals surface area contributed by atoms with Crippen molar-refractivity contribution in [3.8, 4) is 11.6 Å². The molecule has 2 aromatic heterocycles. The molecule has 0 saturated carbocycles. The van der Waals surface area contributed by atoms with Gasteiger partial charge >= 0.3 is 0 Å². The molecule has 3 aromatic rings. The average molecular weight is 282 g/mol. The first kappa shape index (κ1) is 13.3. The molecule has 0 fully saturated rings. The van der Waals surface area contributed by atoms with Gasteiger partial charge in [0.1, 0.15) is 18.2 Å². The first-order valence-electron chi connectivity index (χ1n) is 6.53. The lowest BCUT2D eigenvalue weighted by molar-refractivity contribution is -0.516. The molecule has 0 unspecified atom stereocenters. The van der Waals surface area contributed by atoms with Gasteiger partial charge in [0.15, 0.2) is 0 Å². The Bertz CT molecular complexity index is 794. The summed E-state index contributed by atoms with van der Waals surface area (Å²) < 4.78 is 8.00. The van der Waals surface area contributed by atoms with E-state index in [1.165, 1.54) is 11.7 Å². The molecule has 0 aliphatic rings. The summed E-state index contributed by atoms with van der Waals surface area (Å²) in [4.78, 5) is 12.2. The largest absolute Gasteiger partial charge is 0.839 e. The SMILES string of the molecule is COCC(=O)c1c([O-])n(-c2ccccc2)c2cccc[n+]12. The van der Waals surface area contributed by atoms with Crippen LogP contribution in [0.3, 0.4) is 0 Å². The number of ether oxygens (including phenoxy) is 1. The van der Waals surface area contributed by atoms with Crippen molar-refractivity contribution in [3.63, 3.8) is 0 Å². The smallest absolute Gasteiger partial charge is 0.291 e. The van der Waals surface area contributed by atoms with Crippen molar-refractivity contribution >= 4 is 11.4 Å². The van der Waals surface area contributed by atoms with E-state index in [-0.39, 0.29) is 24.0 Å². The Balaban J connectivity index is 2.31. The second kappa shape index (κ2) is 5.38. The summed E-state index contributed by atoms with van der Waals surface area (Å²) in [6, 6.07) is 14.7. The predicted octanol–water partition coefficient (Wildman–Crippen LogP) is 1.12. The number of para-hydroxylation sites is 1. The minimum absolute atomic E-state index is 0.108. The number of hydrogen-bond donors (Lipinski definition) is 0. The summed E-state index contributed by atoms with van der Waals surface area (Å²) >= 11 is 0. The summed E-state index contributed by atoms with van der Waals surface area (Å²) in [7, 11) is 1.43. The molecule has 21 heavy (non-hydrogen) atoms. The second-order valence-electron chi connectivity index (χ2n) is 4.61. The molecule has 0 atom stereocenters. The normalized spacial score (nSPS) is 10.9. The standard InChI is InChI=1S/C16H14N2O3/c1-21-11-13(19)15-16(20)18(12-7-3-2-4-8-12)14-9-5-6-10-17(14)15/h2-10H,11H2,1H3. The second-order valence-corrected chi connectivity index (χ2v) is 4.61. The molecule has 0 radical (unpaired) electrons. The quantitative estimate of drug-likeness (QED) is 0.532. The zero-order chi connectivity index (χ0) is 14.8. The maximum atomic E-state index is 12.7. The molecular weight excluding hydrogens is 268 g/mol. The van der Waals surface area contributed by atoms with Crippen LogP contribution < -0.4 is 9.51 Å². The number of Topliss-reactive ketones (excluding diaryl/α,β-unsaturated/α-hetero) is 1. The summed E-state index contributed by atoms with van der Waals surface area (Å²) in [6.45, 7) is -0.120. The van der Waals surface area contributed by atoms with Gasteiger partial charge in [-0.15, -0.1) is 0 Å². The van der Waals surface area contributed by atoms with Gasteiger partial charge in [0, 0.05) is 13.2 Å². The summed E-state index contributed by atoms with van der Waals surface area (Å²) in [5.74, 6) is -0.673. The van der Waals surface area contributed by atoms with Crippen LogP contribution in [0.4, 0.5) is 0 Å². The molecule has 1 aromatic carbocycles. The van der Waals surface area contributed by atoms with Crippen molar-refractivity contribution in [2.45, 2.75) is 0 Å². The maximum Gasteiger partial charge on any atom is 0.291 e. The fraction of sp³-hybridized carbons (Fsp3) is 0.125. The molecule has 0 saturated heterocycles. The van der Waals surface area contributed by atoms with Crippen LogP contribution in [0.15, 0.2) is 54.7 Å². The van der Waals surface area contributed by atoms with Gasteiger partial charge in [-0.05, 0) is 18.2 Å². The van der Waals surface area contributed by atoms with Crippen LogP contribution in [0.5, 0.6) is 5.88 Å². The first-order chi connectivity index (χ1) is 10.2. The third kappa shape index (κ3) is 2.17. The van der Waals surface area contributed by atoms with E-state index in [2.05, 4.69) is 0 Å². The number of hydrogen-bond acceptors (Lipinski definition) is 3. The van der Waals surface area contributed by atoms with Crippen LogP contribution in [-0.2, 0) is 4.74 Å². The lowest BCUT2D eigenvalue weighted by Crippen LogP contribution is -2.29. The number of aromatic nitrogens is 2. The molecule has 0 bridgehead atoms. The fourth-order valence-corrected chi connectivity index (χ4v) is 2.40. The minimum Gasteiger partial charge on any atom is -0.839 e. The van der Waals surface area contributed by atoms with Crippen molar-refractivity contribution in [3.05, 3.63) is 60.4 Å². The number of imidazole rings is 1. The van der Waals surface area contributed by atoms with E-state index in [4.69, 9.17) is 4.74 Å². The van der Waals surface area contributed by atoms with Crippen LogP contribution in [0.1, 0.15) is 10.5 Å². The monoisotopic (exact) mass is 282 g/mol. The minimum atomic E-state index is -0.338. The summed E-state index contributed by atoms with van der Waals surface area (Å²) in [5.41, 5.74) is 1.48. The highest BCUT2D eigenvalue weighted by Crippen LogP contribution is 2.21. The molecule has 5 heteroatoms. The Kier molecular flexibility index (Phi) is 3.41. The van der Waals surface area contributed by atoms with E-state index in [0.717, 1.165) is 5.69 Å². The van der Waals surface area contributed by atoms with Crippen molar-refractivity contribution in [2.75, 3.05) is 13.7 Å². The van der Waals surface area contributed by atoms with E-state index < -0.39 is 0 Å². The van der Waals surface area contributed by atoms with Gasteiger partial charge in [0.05, 0.1) is 6.20 Å². The van der Waals surface area contributed by atoms with E-state index in [1.54, 1.807) is 22.7 Å². The molecule has 0 amide bonds.